The highest BCUT2D eigenvalue weighted by atomic mass is 16.5. The molecule has 23 heavy (non-hydrogen) atoms. The molecule has 0 amide bonds. The number of aliphatic hydroxyl groups is 1. The van der Waals surface area contributed by atoms with E-state index in [0.717, 1.165) is 49.2 Å². The molecular formula is C18H23NO4. The maximum absolute atomic E-state index is 11.4. The number of carbonyl (C=O) groups excluding carboxylic acids is 1. The number of hydrogen-bond acceptors (Lipinski definition) is 5. The lowest BCUT2D eigenvalue weighted by Gasteiger charge is -2.32. The number of carbonyl (C=O) groups is 1. The van der Waals surface area contributed by atoms with Gasteiger partial charge in [0.15, 0.2) is 6.10 Å². The molecule has 0 radical (unpaired) electrons. The molecule has 1 atom stereocenters. The van der Waals surface area contributed by atoms with Gasteiger partial charge in [-0.05, 0) is 57.0 Å². The van der Waals surface area contributed by atoms with Gasteiger partial charge in [0.05, 0.1) is 13.7 Å². The molecule has 1 N–H and O–H groups in total. The Labute approximate surface area is 135 Å². The second-order valence-corrected chi connectivity index (χ2v) is 6.34. The van der Waals surface area contributed by atoms with Crippen LogP contribution in [0.3, 0.4) is 0 Å². The first kappa shape index (κ1) is 16.0. The van der Waals surface area contributed by atoms with Gasteiger partial charge in [-0.2, -0.15) is 0 Å². The van der Waals surface area contributed by atoms with Gasteiger partial charge in [0.2, 0.25) is 0 Å². The molecule has 1 fully saturated rings. The summed E-state index contributed by atoms with van der Waals surface area (Å²) in [6, 6.07) is 8.28. The largest absolute Gasteiger partial charge is 0.467 e. The Balaban J connectivity index is 1.58. The molecule has 0 bridgehead atoms. The lowest BCUT2D eigenvalue weighted by molar-refractivity contribution is -0.154. The minimum atomic E-state index is -1.00. The number of furan rings is 1. The van der Waals surface area contributed by atoms with Crippen LogP contribution in [0.1, 0.15) is 24.2 Å². The van der Waals surface area contributed by atoms with E-state index in [4.69, 9.17) is 4.42 Å². The summed E-state index contributed by atoms with van der Waals surface area (Å²) < 4.78 is 10.5. The maximum Gasteiger partial charge on any atom is 0.334 e. The van der Waals surface area contributed by atoms with Crippen LogP contribution in [0.5, 0.6) is 0 Å². The van der Waals surface area contributed by atoms with Gasteiger partial charge < -0.3 is 14.3 Å². The fraction of sp³-hybridized carbons (Fsp3) is 0.500. The van der Waals surface area contributed by atoms with E-state index in [0.29, 0.717) is 0 Å². The smallest absolute Gasteiger partial charge is 0.334 e. The van der Waals surface area contributed by atoms with Gasteiger partial charge >= 0.3 is 5.97 Å². The number of esters is 1. The zero-order valence-electron chi connectivity index (χ0n) is 13.6. The first-order valence-electron chi connectivity index (χ1n) is 8.04. The summed E-state index contributed by atoms with van der Waals surface area (Å²) in [6.45, 7) is 4.52. The quantitative estimate of drug-likeness (QED) is 0.878. The van der Waals surface area contributed by atoms with E-state index in [1.807, 2.05) is 6.07 Å². The van der Waals surface area contributed by atoms with Crippen LogP contribution < -0.4 is 0 Å². The average Bonchev–Trinajstić information content (AvgIpc) is 2.95. The summed E-state index contributed by atoms with van der Waals surface area (Å²) in [5.41, 5.74) is 2.14. The van der Waals surface area contributed by atoms with E-state index in [1.165, 1.54) is 12.7 Å². The summed E-state index contributed by atoms with van der Waals surface area (Å²) in [7, 11) is 1.31. The molecule has 1 aromatic carbocycles. The Morgan fingerprint density at radius 3 is 2.83 bits per heavy atom. The van der Waals surface area contributed by atoms with E-state index in [2.05, 4.69) is 34.8 Å². The third kappa shape index (κ3) is 3.57. The number of nitrogens with zero attached hydrogens (tertiary/aromatic N) is 1. The Kier molecular flexibility index (Phi) is 4.68. The van der Waals surface area contributed by atoms with E-state index in [-0.39, 0.29) is 5.92 Å². The number of ether oxygens (including phenoxy) is 1. The number of methoxy groups -OCH3 is 1. The number of benzene rings is 1. The van der Waals surface area contributed by atoms with Crippen LogP contribution in [-0.4, -0.2) is 42.3 Å². The summed E-state index contributed by atoms with van der Waals surface area (Å²) in [6.07, 6.45) is 0.571. The minimum absolute atomic E-state index is 0.0166. The average molecular weight is 317 g/mol. The van der Waals surface area contributed by atoms with Crippen LogP contribution in [0, 0.1) is 12.8 Å². The molecule has 0 aliphatic carbocycles. The number of piperidine rings is 1. The summed E-state index contributed by atoms with van der Waals surface area (Å²) in [4.78, 5) is 13.7. The fourth-order valence-electron chi connectivity index (χ4n) is 3.26. The van der Waals surface area contributed by atoms with Crippen molar-refractivity contribution in [1.29, 1.82) is 0 Å². The molecule has 124 valence electrons. The van der Waals surface area contributed by atoms with Crippen molar-refractivity contribution >= 4 is 16.9 Å². The number of rotatable bonds is 4. The topological polar surface area (TPSA) is 62.9 Å². The third-order valence-corrected chi connectivity index (χ3v) is 4.62. The molecule has 1 aliphatic rings. The van der Waals surface area contributed by atoms with Crippen LogP contribution in [0.25, 0.3) is 11.0 Å². The van der Waals surface area contributed by atoms with Crippen molar-refractivity contribution in [2.45, 2.75) is 32.4 Å². The molecule has 1 saturated heterocycles. The van der Waals surface area contributed by atoms with Crippen molar-refractivity contribution in [2.24, 2.45) is 5.92 Å². The van der Waals surface area contributed by atoms with Crippen molar-refractivity contribution in [3.8, 4) is 0 Å². The molecule has 5 nitrogen and oxygen atoms in total. The van der Waals surface area contributed by atoms with E-state index < -0.39 is 12.1 Å². The van der Waals surface area contributed by atoms with E-state index >= 15 is 0 Å². The predicted molar refractivity (Wildman–Crippen MR) is 87.0 cm³/mol. The second-order valence-electron chi connectivity index (χ2n) is 6.34. The lowest BCUT2D eigenvalue weighted by atomic mass is 9.91. The van der Waals surface area contributed by atoms with Gasteiger partial charge in [0.25, 0.3) is 0 Å². The molecule has 0 unspecified atom stereocenters. The first-order valence-corrected chi connectivity index (χ1v) is 8.04. The van der Waals surface area contributed by atoms with Gasteiger partial charge in [-0.15, -0.1) is 0 Å². The van der Waals surface area contributed by atoms with Crippen LogP contribution in [0.15, 0.2) is 28.7 Å². The van der Waals surface area contributed by atoms with Crippen molar-refractivity contribution in [1.82, 2.24) is 4.90 Å². The standard InChI is InChI=1S/C18H23NO4/c1-12-3-4-16-14(9-12)10-15(23-16)11-19-7-5-13(6-8-19)17(20)18(21)22-2/h3-4,9-10,13,17,20H,5-8,11H2,1-2H3/t17-/m1/s1. The molecular weight excluding hydrogens is 294 g/mol. The normalized spacial score (nSPS) is 18.2. The van der Waals surface area contributed by atoms with Crippen LogP contribution >= 0.6 is 0 Å². The molecule has 2 heterocycles. The number of aliphatic hydroxyl groups excluding tert-OH is 1. The first-order chi connectivity index (χ1) is 11.1. The van der Waals surface area contributed by atoms with Crippen LogP contribution in [-0.2, 0) is 16.1 Å². The molecule has 1 aromatic heterocycles. The maximum atomic E-state index is 11.4. The molecule has 0 saturated carbocycles. The highest BCUT2D eigenvalue weighted by Crippen LogP contribution is 2.25. The third-order valence-electron chi connectivity index (χ3n) is 4.62. The predicted octanol–water partition coefficient (Wildman–Crippen LogP) is 2.49. The number of aryl methyl sites for hydroxylation is 1. The SMILES string of the molecule is COC(=O)[C@H](O)C1CCN(Cc2cc3cc(C)ccc3o2)CC1. The zero-order valence-corrected chi connectivity index (χ0v) is 13.6. The van der Waals surface area contributed by atoms with Crippen LogP contribution in [0.2, 0.25) is 0 Å². The Hall–Kier alpha value is -1.85. The molecule has 2 aromatic rings. The highest BCUT2D eigenvalue weighted by molar-refractivity contribution is 5.78. The number of fused-ring (bicyclic) bond motifs is 1. The summed E-state index contributed by atoms with van der Waals surface area (Å²) in [5.74, 6) is 0.408. The molecule has 1 aliphatic heterocycles. The Morgan fingerprint density at radius 2 is 2.13 bits per heavy atom. The van der Waals surface area contributed by atoms with Crippen molar-refractivity contribution in [3.05, 3.63) is 35.6 Å². The van der Waals surface area contributed by atoms with Gasteiger partial charge in [-0.1, -0.05) is 11.6 Å². The Morgan fingerprint density at radius 1 is 1.39 bits per heavy atom. The van der Waals surface area contributed by atoms with Gasteiger partial charge in [0.1, 0.15) is 11.3 Å². The summed E-state index contributed by atoms with van der Waals surface area (Å²) >= 11 is 0. The van der Waals surface area contributed by atoms with Gasteiger partial charge in [-0.3, -0.25) is 4.90 Å². The van der Waals surface area contributed by atoms with E-state index in [9.17, 15) is 9.90 Å². The number of hydrogen-bond donors (Lipinski definition) is 1. The zero-order chi connectivity index (χ0) is 16.4. The summed E-state index contributed by atoms with van der Waals surface area (Å²) in [5, 5.41) is 11.1. The fourth-order valence-corrected chi connectivity index (χ4v) is 3.26. The van der Waals surface area contributed by atoms with Crippen molar-refractivity contribution < 1.29 is 19.1 Å². The minimum Gasteiger partial charge on any atom is -0.467 e. The monoisotopic (exact) mass is 317 g/mol. The van der Waals surface area contributed by atoms with Gasteiger partial charge in [0, 0.05) is 5.39 Å². The van der Waals surface area contributed by atoms with Gasteiger partial charge in [-0.25, -0.2) is 4.79 Å². The highest BCUT2D eigenvalue weighted by Gasteiger charge is 2.30. The van der Waals surface area contributed by atoms with Crippen LogP contribution in [0.4, 0.5) is 0 Å². The second kappa shape index (κ2) is 6.72. The molecule has 3 rings (SSSR count). The Bertz CT molecular complexity index is 685. The lowest BCUT2D eigenvalue weighted by Crippen LogP contribution is -2.40. The number of likely N-dealkylation sites (tertiary alicyclic amines) is 1. The van der Waals surface area contributed by atoms with Crippen molar-refractivity contribution in [2.75, 3.05) is 20.2 Å². The molecule has 5 heteroatoms. The molecule has 0 spiro atoms. The van der Waals surface area contributed by atoms with E-state index in [1.54, 1.807) is 0 Å². The van der Waals surface area contributed by atoms with Crippen molar-refractivity contribution in [3.63, 3.8) is 0 Å².